The summed E-state index contributed by atoms with van der Waals surface area (Å²) < 4.78 is 10.7. The number of hydrogen-bond donors (Lipinski definition) is 2. The first-order chi connectivity index (χ1) is 16.0. The number of hydrogen-bond acceptors (Lipinski definition) is 6. The molecular formula is C25H38N4O5. The number of rotatable bonds is 6. The summed E-state index contributed by atoms with van der Waals surface area (Å²) in [7, 11) is 3.18. The van der Waals surface area contributed by atoms with E-state index in [1.807, 2.05) is 45.9 Å². The van der Waals surface area contributed by atoms with Gasteiger partial charge in [-0.25, -0.2) is 4.79 Å². The number of benzene rings is 1. The number of carbonyl (C=O) groups excluding carboxylic acids is 3. The van der Waals surface area contributed by atoms with Crippen LogP contribution in [0, 0.1) is 5.92 Å². The Balaban J connectivity index is 1.64. The van der Waals surface area contributed by atoms with Gasteiger partial charge in [0.25, 0.3) is 0 Å². The molecule has 0 saturated carbocycles. The van der Waals surface area contributed by atoms with Crippen molar-refractivity contribution in [3.8, 4) is 5.75 Å². The molecule has 2 atom stereocenters. The lowest BCUT2D eigenvalue weighted by Gasteiger charge is -2.39. The maximum absolute atomic E-state index is 13.3. The third-order valence-electron chi connectivity index (χ3n) is 6.50. The monoisotopic (exact) mass is 474 g/mol. The average molecular weight is 475 g/mol. The number of nitrogens with one attached hydrogen (secondary N) is 2. The summed E-state index contributed by atoms with van der Waals surface area (Å²) in [4.78, 5) is 42.0. The molecule has 0 spiro atoms. The van der Waals surface area contributed by atoms with Gasteiger partial charge in [-0.05, 0) is 45.2 Å². The molecule has 34 heavy (non-hydrogen) atoms. The first kappa shape index (κ1) is 25.8. The predicted octanol–water partition coefficient (Wildman–Crippen LogP) is 2.50. The predicted molar refractivity (Wildman–Crippen MR) is 130 cm³/mol. The molecule has 3 rings (SSSR count). The molecule has 2 unspecified atom stereocenters. The highest BCUT2D eigenvalue weighted by atomic mass is 16.6. The van der Waals surface area contributed by atoms with Gasteiger partial charge < -0.3 is 29.9 Å². The highest BCUT2D eigenvalue weighted by molar-refractivity contribution is 6.04. The zero-order valence-electron chi connectivity index (χ0n) is 21.1. The number of piperidine rings is 1. The molecule has 2 heterocycles. The Morgan fingerprint density at radius 3 is 2.41 bits per heavy atom. The van der Waals surface area contributed by atoms with E-state index in [1.54, 1.807) is 19.1 Å². The van der Waals surface area contributed by atoms with Crippen LogP contribution in [-0.4, -0.2) is 74.8 Å². The van der Waals surface area contributed by atoms with E-state index < -0.39 is 17.4 Å². The van der Waals surface area contributed by atoms with Crippen molar-refractivity contribution in [2.45, 2.75) is 58.1 Å². The van der Waals surface area contributed by atoms with E-state index in [0.29, 0.717) is 18.8 Å². The molecule has 9 heteroatoms. The number of likely N-dealkylation sites (N-methyl/N-ethyl adjacent to an activating group) is 1. The summed E-state index contributed by atoms with van der Waals surface area (Å²) in [6.45, 7) is 10.2. The van der Waals surface area contributed by atoms with Crippen molar-refractivity contribution >= 4 is 23.6 Å². The summed E-state index contributed by atoms with van der Waals surface area (Å²) in [5, 5.41) is 5.65. The molecule has 0 aliphatic carbocycles. The second kappa shape index (κ2) is 10.6. The van der Waals surface area contributed by atoms with Gasteiger partial charge in [-0.15, -0.1) is 0 Å². The van der Waals surface area contributed by atoms with Crippen molar-refractivity contribution < 1.29 is 23.9 Å². The first-order valence-electron chi connectivity index (χ1n) is 12.0. The van der Waals surface area contributed by atoms with E-state index in [1.165, 1.54) is 0 Å². The molecule has 3 amide bonds. The molecule has 2 N–H and O–H groups in total. The van der Waals surface area contributed by atoms with Crippen LogP contribution in [0.2, 0.25) is 0 Å². The number of fused-ring (bicyclic) bond motifs is 1. The lowest BCUT2D eigenvalue weighted by atomic mass is 9.81. The fourth-order valence-electron chi connectivity index (χ4n) is 4.69. The maximum Gasteiger partial charge on any atom is 0.407 e. The Morgan fingerprint density at radius 1 is 1.15 bits per heavy atom. The number of ether oxygens (including phenoxy) is 2. The Morgan fingerprint density at radius 2 is 1.82 bits per heavy atom. The van der Waals surface area contributed by atoms with Crippen molar-refractivity contribution in [1.82, 2.24) is 15.5 Å². The van der Waals surface area contributed by atoms with Crippen molar-refractivity contribution in [3.05, 3.63) is 23.8 Å². The van der Waals surface area contributed by atoms with E-state index in [2.05, 4.69) is 15.5 Å². The lowest BCUT2D eigenvalue weighted by molar-refractivity contribution is -0.130. The molecule has 2 aliphatic heterocycles. The Kier molecular flexibility index (Phi) is 8.07. The van der Waals surface area contributed by atoms with Crippen LogP contribution in [0.3, 0.4) is 0 Å². The Bertz CT molecular complexity index is 905. The van der Waals surface area contributed by atoms with Crippen LogP contribution < -0.4 is 20.3 Å². The molecule has 188 valence electrons. The van der Waals surface area contributed by atoms with Gasteiger partial charge in [0.05, 0.1) is 24.6 Å². The smallest absolute Gasteiger partial charge is 0.407 e. The van der Waals surface area contributed by atoms with Gasteiger partial charge in [-0.3, -0.25) is 9.59 Å². The Hall–Kier alpha value is -2.81. The molecule has 1 aromatic carbocycles. The number of anilines is 1. The van der Waals surface area contributed by atoms with Gasteiger partial charge in [0.15, 0.2) is 0 Å². The van der Waals surface area contributed by atoms with Gasteiger partial charge >= 0.3 is 6.09 Å². The van der Waals surface area contributed by atoms with Gasteiger partial charge in [0, 0.05) is 45.3 Å². The second-order valence-corrected chi connectivity index (χ2v) is 10.1. The van der Waals surface area contributed by atoms with Crippen molar-refractivity contribution in [2.24, 2.45) is 5.92 Å². The molecule has 1 fully saturated rings. The molecule has 9 nitrogen and oxygen atoms in total. The third kappa shape index (κ3) is 6.00. The van der Waals surface area contributed by atoms with E-state index in [9.17, 15) is 14.4 Å². The number of alkyl carbamates (subject to hydrolysis) is 1. The molecule has 0 aromatic heterocycles. The number of nitrogens with zero attached hydrogens (tertiary/aromatic N) is 2. The molecule has 1 saturated heterocycles. The number of amides is 3. The fraction of sp³-hybridized carbons (Fsp3) is 0.640. The van der Waals surface area contributed by atoms with Crippen LogP contribution in [-0.2, 0) is 14.3 Å². The van der Waals surface area contributed by atoms with Gasteiger partial charge in [-0.2, -0.15) is 0 Å². The zero-order valence-corrected chi connectivity index (χ0v) is 21.1. The van der Waals surface area contributed by atoms with Gasteiger partial charge in [-0.1, -0.05) is 13.0 Å². The summed E-state index contributed by atoms with van der Waals surface area (Å²) in [6, 6.07) is 5.64. The SMILES string of the molecule is CNC(=O)C1c2ccc(OC)cc2N(CCN2CCC(NC(=O)OC(C)(C)C)CC2)C(=O)C1C. The molecule has 1 aromatic rings. The summed E-state index contributed by atoms with van der Waals surface area (Å²) in [5.41, 5.74) is 1.06. The molecule has 0 bridgehead atoms. The first-order valence-corrected chi connectivity index (χ1v) is 12.0. The average Bonchev–Trinajstić information content (AvgIpc) is 2.78. The van der Waals surface area contributed by atoms with Crippen molar-refractivity contribution in [1.29, 1.82) is 0 Å². The highest BCUT2D eigenvalue weighted by Gasteiger charge is 2.41. The number of carbonyl (C=O) groups is 3. The summed E-state index contributed by atoms with van der Waals surface area (Å²) >= 11 is 0. The van der Waals surface area contributed by atoms with E-state index in [-0.39, 0.29) is 23.9 Å². The summed E-state index contributed by atoms with van der Waals surface area (Å²) in [5.74, 6) is -0.549. The van der Waals surface area contributed by atoms with Gasteiger partial charge in [0.2, 0.25) is 11.8 Å². The van der Waals surface area contributed by atoms with E-state index in [0.717, 1.165) is 37.2 Å². The van der Waals surface area contributed by atoms with Crippen LogP contribution in [0.4, 0.5) is 10.5 Å². The molecular weight excluding hydrogens is 436 g/mol. The second-order valence-electron chi connectivity index (χ2n) is 10.1. The van der Waals surface area contributed by atoms with Crippen LogP contribution in [0.25, 0.3) is 0 Å². The lowest BCUT2D eigenvalue weighted by Crippen LogP contribution is -2.50. The largest absolute Gasteiger partial charge is 0.497 e. The van der Waals surface area contributed by atoms with Crippen molar-refractivity contribution in [2.75, 3.05) is 45.2 Å². The minimum atomic E-state index is -0.524. The summed E-state index contributed by atoms with van der Waals surface area (Å²) in [6.07, 6.45) is 1.27. The minimum absolute atomic E-state index is 0.0594. The molecule has 0 radical (unpaired) electrons. The van der Waals surface area contributed by atoms with E-state index in [4.69, 9.17) is 9.47 Å². The number of methoxy groups -OCH3 is 1. The van der Waals surface area contributed by atoms with E-state index >= 15 is 0 Å². The van der Waals surface area contributed by atoms with Crippen LogP contribution >= 0.6 is 0 Å². The minimum Gasteiger partial charge on any atom is -0.497 e. The quantitative estimate of drug-likeness (QED) is 0.657. The normalized spacial score (nSPS) is 21.6. The van der Waals surface area contributed by atoms with Crippen LogP contribution in [0.15, 0.2) is 18.2 Å². The van der Waals surface area contributed by atoms with Crippen molar-refractivity contribution in [3.63, 3.8) is 0 Å². The van der Waals surface area contributed by atoms with Gasteiger partial charge in [0.1, 0.15) is 11.4 Å². The topological polar surface area (TPSA) is 100 Å². The molecule has 2 aliphatic rings. The third-order valence-corrected chi connectivity index (χ3v) is 6.50. The van der Waals surface area contributed by atoms with Crippen LogP contribution in [0.1, 0.15) is 52.0 Å². The highest BCUT2D eigenvalue weighted by Crippen LogP contribution is 2.41. The van der Waals surface area contributed by atoms with Crippen LogP contribution in [0.5, 0.6) is 5.75 Å². The zero-order chi connectivity index (χ0) is 25.0. The number of likely N-dealkylation sites (tertiary alicyclic amines) is 1. The standard InChI is InChI=1S/C25H38N4O5/c1-16-21(22(30)26-5)19-8-7-18(33-6)15-20(19)29(23(16)31)14-13-28-11-9-17(10-12-28)27-24(32)34-25(2,3)4/h7-8,15-17,21H,9-14H2,1-6H3,(H,26,30)(H,27,32). The maximum atomic E-state index is 13.3. The Labute approximate surface area is 202 Å². The fourth-order valence-corrected chi connectivity index (χ4v) is 4.69.